The van der Waals surface area contributed by atoms with E-state index in [1.165, 1.54) is 6.92 Å². The van der Waals surface area contributed by atoms with Gasteiger partial charge in [-0.05, 0) is 6.92 Å². The SMILES string of the molecule is CCOC(=O)C(F)P(=O)(C(C)=O)C(C)=O. The molecule has 0 bridgehead atoms. The lowest BCUT2D eigenvalue weighted by molar-refractivity contribution is -0.146. The van der Waals surface area contributed by atoms with Crippen LogP contribution in [0.3, 0.4) is 0 Å². The molecule has 0 aliphatic carbocycles. The second-order valence-corrected chi connectivity index (χ2v) is 5.81. The molecule has 15 heavy (non-hydrogen) atoms. The zero-order valence-electron chi connectivity index (χ0n) is 8.65. The topological polar surface area (TPSA) is 77.5 Å². The Labute approximate surface area is 86.3 Å². The fourth-order valence-electron chi connectivity index (χ4n) is 0.900. The number of alkyl halides is 1. The van der Waals surface area contributed by atoms with Gasteiger partial charge in [-0.3, -0.25) is 9.59 Å². The summed E-state index contributed by atoms with van der Waals surface area (Å²) in [4.78, 5) is 32.8. The van der Waals surface area contributed by atoms with E-state index < -0.39 is 30.1 Å². The maximum atomic E-state index is 13.4. The average Bonchev–Trinajstić information content (AvgIpc) is 2.15. The van der Waals surface area contributed by atoms with Crippen molar-refractivity contribution < 1.29 is 28.1 Å². The van der Waals surface area contributed by atoms with Crippen LogP contribution in [0, 0.1) is 0 Å². The Kier molecular flexibility index (Phi) is 4.81. The van der Waals surface area contributed by atoms with Crippen molar-refractivity contribution in [3.8, 4) is 0 Å². The Morgan fingerprint density at radius 1 is 1.27 bits per heavy atom. The molecule has 86 valence electrons. The summed E-state index contributed by atoms with van der Waals surface area (Å²) in [5.74, 6) is -4.13. The summed E-state index contributed by atoms with van der Waals surface area (Å²) in [5, 5.41) is 0. The molecule has 0 amide bonds. The molecule has 0 rings (SSSR count). The highest BCUT2D eigenvalue weighted by Gasteiger charge is 2.48. The average molecular weight is 238 g/mol. The lowest BCUT2D eigenvalue weighted by Gasteiger charge is -2.14. The number of hydrogen-bond acceptors (Lipinski definition) is 5. The highest BCUT2D eigenvalue weighted by atomic mass is 31.2. The van der Waals surface area contributed by atoms with Crippen LogP contribution in [0.5, 0.6) is 0 Å². The second kappa shape index (κ2) is 5.16. The molecule has 0 spiro atoms. The third-order valence-corrected chi connectivity index (χ3v) is 4.46. The minimum atomic E-state index is -4.46. The maximum absolute atomic E-state index is 13.4. The summed E-state index contributed by atoms with van der Waals surface area (Å²) in [7, 11) is -4.46. The number of ether oxygens (including phenoxy) is 1. The Morgan fingerprint density at radius 2 is 1.67 bits per heavy atom. The van der Waals surface area contributed by atoms with Gasteiger partial charge in [0.1, 0.15) is 0 Å². The zero-order chi connectivity index (χ0) is 12.2. The molecule has 0 N–H and O–H groups in total. The van der Waals surface area contributed by atoms with E-state index in [2.05, 4.69) is 4.74 Å². The highest BCUT2D eigenvalue weighted by molar-refractivity contribution is 7.95. The van der Waals surface area contributed by atoms with Gasteiger partial charge in [-0.2, -0.15) is 0 Å². The first-order valence-electron chi connectivity index (χ1n) is 4.21. The second-order valence-electron chi connectivity index (χ2n) is 2.78. The van der Waals surface area contributed by atoms with Crippen LogP contribution in [-0.2, 0) is 23.7 Å². The summed E-state index contributed by atoms with van der Waals surface area (Å²) in [6, 6.07) is 0. The minimum absolute atomic E-state index is 0.116. The number of halogens is 1. The highest BCUT2D eigenvalue weighted by Crippen LogP contribution is 2.53. The van der Waals surface area contributed by atoms with Gasteiger partial charge in [0.2, 0.25) is 0 Å². The smallest absolute Gasteiger partial charge is 0.349 e. The third kappa shape index (κ3) is 2.72. The van der Waals surface area contributed by atoms with Gasteiger partial charge < -0.3 is 9.30 Å². The van der Waals surface area contributed by atoms with Crippen molar-refractivity contribution in [2.24, 2.45) is 0 Å². The molecule has 0 saturated heterocycles. The van der Waals surface area contributed by atoms with E-state index in [-0.39, 0.29) is 6.61 Å². The summed E-state index contributed by atoms with van der Waals surface area (Å²) in [6.45, 7) is 2.94. The van der Waals surface area contributed by atoms with Gasteiger partial charge in [0.25, 0.3) is 13.1 Å². The molecule has 7 heteroatoms. The molecule has 0 aromatic carbocycles. The van der Waals surface area contributed by atoms with Crippen molar-refractivity contribution in [1.29, 1.82) is 0 Å². The molecule has 0 heterocycles. The number of rotatable bonds is 5. The van der Waals surface area contributed by atoms with E-state index in [9.17, 15) is 23.3 Å². The van der Waals surface area contributed by atoms with E-state index >= 15 is 0 Å². The molecule has 0 aromatic heterocycles. The van der Waals surface area contributed by atoms with Crippen molar-refractivity contribution in [3.05, 3.63) is 0 Å². The van der Waals surface area contributed by atoms with Crippen molar-refractivity contribution >= 4 is 24.2 Å². The van der Waals surface area contributed by atoms with E-state index in [0.29, 0.717) is 0 Å². The van der Waals surface area contributed by atoms with Crippen LogP contribution < -0.4 is 0 Å². The van der Waals surface area contributed by atoms with E-state index in [1.54, 1.807) is 0 Å². The molecule has 0 fully saturated rings. The van der Waals surface area contributed by atoms with Gasteiger partial charge in [-0.25, -0.2) is 9.18 Å². The van der Waals surface area contributed by atoms with E-state index in [0.717, 1.165) is 13.8 Å². The monoisotopic (exact) mass is 238 g/mol. The number of esters is 1. The molecular formula is C8H12FO5P. The first-order chi connectivity index (χ1) is 6.78. The quantitative estimate of drug-likeness (QED) is 0.533. The van der Waals surface area contributed by atoms with E-state index in [4.69, 9.17) is 0 Å². The first-order valence-corrected chi connectivity index (χ1v) is 5.98. The molecule has 0 radical (unpaired) electrons. The molecular weight excluding hydrogens is 226 g/mol. The normalized spacial score (nSPS) is 13.1. The number of carbonyl (C=O) groups is 3. The lowest BCUT2D eigenvalue weighted by atomic mass is 10.7. The van der Waals surface area contributed by atoms with Gasteiger partial charge in [0, 0.05) is 13.8 Å². The van der Waals surface area contributed by atoms with Crippen LogP contribution >= 0.6 is 7.14 Å². The fourth-order valence-corrected chi connectivity index (χ4v) is 2.35. The Hall–Kier alpha value is -1.03. The lowest BCUT2D eigenvalue weighted by Crippen LogP contribution is -2.24. The molecule has 0 saturated carbocycles. The van der Waals surface area contributed by atoms with Crippen LogP contribution in [0.15, 0.2) is 0 Å². The zero-order valence-corrected chi connectivity index (χ0v) is 9.55. The summed E-state index contributed by atoms with van der Waals surface area (Å²) < 4.78 is 29.3. The number of carbonyl (C=O) groups excluding carboxylic acids is 3. The standard InChI is InChI=1S/C8H12FO5P/c1-4-14-8(12)7(9)15(13,5(2)10)6(3)11/h7H,4H2,1-3H3. The summed E-state index contributed by atoms with van der Waals surface area (Å²) in [6.07, 6.45) is 0. The van der Waals surface area contributed by atoms with Crippen LogP contribution in [0.4, 0.5) is 4.39 Å². The molecule has 0 aliphatic rings. The Morgan fingerprint density at radius 3 is 1.93 bits per heavy atom. The first kappa shape index (κ1) is 14.0. The molecule has 1 atom stereocenters. The Balaban J connectivity index is 5.13. The van der Waals surface area contributed by atoms with Crippen molar-refractivity contribution in [1.82, 2.24) is 0 Å². The van der Waals surface area contributed by atoms with Gasteiger partial charge in [-0.1, -0.05) is 0 Å². The van der Waals surface area contributed by atoms with Crippen LogP contribution in [-0.4, -0.2) is 29.5 Å². The Bertz CT molecular complexity index is 320. The summed E-state index contributed by atoms with van der Waals surface area (Å²) in [5.41, 5.74) is -2.26. The van der Waals surface area contributed by atoms with Crippen molar-refractivity contribution in [2.75, 3.05) is 6.61 Å². The van der Waals surface area contributed by atoms with Crippen molar-refractivity contribution in [3.63, 3.8) is 0 Å². The van der Waals surface area contributed by atoms with Gasteiger partial charge in [0.05, 0.1) is 6.61 Å². The molecule has 0 aromatic rings. The van der Waals surface area contributed by atoms with Gasteiger partial charge >= 0.3 is 5.97 Å². The molecule has 5 nitrogen and oxygen atoms in total. The van der Waals surface area contributed by atoms with Gasteiger partial charge in [0.15, 0.2) is 11.0 Å². The predicted molar refractivity (Wildman–Crippen MR) is 50.5 cm³/mol. The van der Waals surface area contributed by atoms with Crippen LogP contribution in [0.2, 0.25) is 0 Å². The number of hydrogen-bond donors (Lipinski definition) is 0. The predicted octanol–water partition coefficient (Wildman–Crippen LogP) is 1.30. The third-order valence-electron chi connectivity index (χ3n) is 1.74. The minimum Gasteiger partial charge on any atom is -0.463 e. The van der Waals surface area contributed by atoms with E-state index in [1.807, 2.05) is 0 Å². The summed E-state index contributed by atoms with van der Waals surface area (Å²) >= 11 is 0. The largest absolute Gasteiger partial charge is 0.463 e. The van der Waals surface area contributed by atoms with Crippen LogP contribution in [0.25, 0.3) is 0 Å². The van der Waals surface area contributed by atoms with Gasteiger partial charge in [-0.15, -0.1) is 0 Å². The van der Waals surface area contributed by atoms with Crippen LogP contribution in [0.1, 0.15) is 20.8 Å². The van der Waals surface area contributed by atoms with Crippen molar-refractivity contribution in [2.45, 2.75) is 26.7 Å². The molecule has 0 aliphatic heterocycles. The maximum Gasteiger partial charge on any atom is 0.349 e. The molecule has 1 unspecified atom stereocenters. The fraction of sp³-hybridized carbons (Fsp3) is 0.625.